The van der Waals surface area contributed by atoms with E-state index in [1.807, 2.05) is 0 Å². The lowest BCUT2D eigenvalue weighted by Gasteiger charge is -2.26. The van der Waals surface area contributed by atoms with Gasteiger partial charge in [0.1, 0.15) is 0 Å². The highest BCUT2D eigenvalue weighted by Crippen LogP contribution is 2.42. The molecule has 0 aliphatic heterocycles. The second-order valence-corrected chi connectivity index (χ2v) is 19.7. The summed E-state index contributed by atoms with van der Waals surface area (Å²) in [5, 5.41) is 7.42. The quantitative estimate of drug-likeness (QED) is 0.141. The highest BCUT2D eigenvalue weighted by atomic mass is 15.1. The van der Waals surface area contributed by atoms with E-state index < -0.39 is 0 Å². The molecule has 0 aliphatic rings. The third kappa shape index (κ3) is 7.14. The summed E-state index contributed by atoms with van der Waals surface area (Å²) < 4.78 is 7.25. The van der Waals surface area contributed by atoms with Crippen LogP contribution in [0.25, 0.3) is 116 Å². The van der Waals surface area contributed by atoms with Crippen LogP contribution in [0.3, 0.4) is 0 Å². The fraction of sp³-hybridized carbons (Fsp3) is 0. The van der Waals surface area contributed by atoms with Gasteiger partial charge in [0.05, 0.1) is 33.1 Å². The lowest BCUT2D eigenvalue weighted by molar-refractivity contribution is 1.16. The van der Waals surface area contributed by atoms with Crippen LogP contribution in [0.1, 0.15) is 0 Å². The molecule has 15 rings (SSSR count). The number of para-hydroxylation sites is 3. The average molecular weight is 969 g/mol. The molecule has 0 bridgehead atoms. The maximum atomic E-state index is 2.42. The van der Waals surface area contributed by atoms with Gasteiger partial charge in [0.2, 0.25) is 0 Å². The predicted molar refractivity (Wildman–Crippen MR) is 320 cm³/mol. The van der Waals surface area contributed by atoms with Crippen molar-refractivity contribution >= 4 is 82.5 Å². The Morgan fingerprint density at radius 1 is 0.184 bits per heavy atom. The van der Waals surface area contributed by atoms with E-state index in [2.05, 4.69) is 310 Å². The first-order chi connectivity index (χ1) is 37.7. The van der Waals surface area contributed by atoms with Gasteiger partial charge < -0.3 is 18.6 Å². The van der Waals surface area contributed by atoms with Crippen molar-refractivity contribution in [3.8, 4) is 50.4 Å². The van der Waals surface area contributed by atoms with Gasteiger partial charge in [-0.25, -0.2) is 0 Å². The highest BCUT2D eigenvalue weighted by Gasteiger charge is 2.20. The molecule has 12 aromatic carbocycles. The van der Waals surface area contributed by atoms with Crippen molar-refractivity contribution in [2.45, 2.75) is 0 Å². The molecule has 0 amide bonds. The molecule has 0 spiro atoms. The van der Waals surface area contributed by atoms with Gasteiger partial charge in [-0.3, -0.25) is 0 Å². The average Bonchev–Trinajstić information content (AvgIpc) is 4.15. The van der Waals surface area contributed by atoms with E-state index in [4.69, 9.17) is 0 Å². The Morgan fingerprint density at radius 3 is 0.724 bits per heavy atom. The zero-order chi connectivity index (χ0) is 50.1. The summed E-state index contributed by atoms with van der Waals surface area (Å²) >= 11 is 0. The van der Waals surface area contributed by atoms with Gasteiger partial charge in [-0.05, 0) is 143 Å². The third-order valence-corrected chi connectivity index (χ3v) is 15.4. The maximum Gasteiger partial charge on any atom is 0.0547 e. The molecule has 0 unspecified atom stereocenters. The predicted octanol–water partition coefficient (Wildman–Crippen LogP) is 19.4. The maximum absolute atomic E-state index is 2.42. The Morgan fingerprint density at radius 2 is 0.434 bits per heavy atom. The van der Waals surface area contributed by atoms with Crippen molar-refractivity contribution in [2.24, 2.45) is 0 Å². The van der Waals surface area contributed by atoms with Gasteiger partial charge in [-0.1, -0.05) is 182 Å². The van der Waals surface area contributed by atoms with Crippen LogP contribution in [-0.2, 0) is 0 Å². The summed E-state index contributed by atoms with van der Waals surface area (Å²) in [6.07, 6.45) is 0. The smallest absolute Gasteiger partial charge is 0.0547 e. The Hall–Kier alpha value is -10.2. The molecule has 4 nitrogen and oxygen atoms in total. The Bertz CT molecular complexity index is 4170. The number of hydrogen-bond donors (Lipinski definition) is 0. The number of rotatable bonds is 9. The molecule has 356 valence electrons. The molecule has 76 heavy (non-hydrogen) atoms. The van der Waals surface area contributed by atoms with E-state index in [9.17, 15) is 0 Å². The topological polar surface area (TPSA) is 18.0 Å². The second kappa shape index (κ2) is 17.8. The van der Waals surface area contributed by atoms with Crippen LogP contribution in [-0.4, -0.2) is 13.7 Å². The molecule has 15 aromatic rings. The van der Waals surface area contributed by atoms with E-state index >= 15 is 0 Å². The third-order valence-electron chi connectivity index (χ3n) is 15.4. The Balaban J connectivity index is 0.873. The summed E-state index contributed by atoms with van der Waals surface area (Å²) in [5.74, 6) is 0. The first kappa shape index (κ1) is 43.4. The highest BCUT2D eigenvalue weighted by molar-refractivity contribution is 6.12. The van der Waals surface area contributed by atoms with Crippen molar-refractivity contribution < 1.29 is 0 Å². The number of fused-ring (bicyclic) bond motifs is 9. The van der Waals surface area contributed by atoms with Crippen LogP contribution in [0, 0.1) is 0 Å². The van der Waals surface area contributed by atoms with Crippen LogP contribution < -0.4 is 4.90 Å². The normalized spacial score (nSPS) is 11.7. The lowest BCUT2D eigenvalue weighted by atomic mass is 10.0. The fourth-order valence-corrected chi connectivity index (χ4v) is 11.9. The number of nitrogens with zero attached hydrogens (tertiary/aromatic N) is 4. The summed E-state index contributed by atoms with van der Waals surface area (Å²) in [7, 11) is 0. The minimum atomic E-state index is 1.06. The minimum absolute atomic E-state index is 1.06. The number of anilines is 3. The van der Waals surface area contributed by atoms with Crippen molar-refractivity contribution in [3.05, 3.63) is 291 Å². The van der Waals surface area contributed by atoms with Gasteiger partial charge in [0.25, 0.3) is 0 Å². The first-order valence-electron chi connectivity index (χ1n) is 26.1. The molecule has 0 N–H and O–H groups in total. The number of aromatic nitrogens is 3. The van der Waals surface area contributed by atoms with E-state index in [0.29, 0.717) is 0 Å². The molecule has 0 fully saturated rings. The molecule has 3 aromatic heterocycles. The molecule has 3 heterocycles. The van der Waals surface area contributed by atoms with Gasteiger partial charge in [-0.15, -0.1) is 0 Å². The zero-order valence-corrected chi connectivity index (χ0v) is 41.5. The van der Waals surface area contributed by atoms with Crippen LogP contribution in [0.5, 0.6) is 0 Å². The van der Waals surface area contributed by atoms with Crippen LogP contribution in [0.2, 0.25) is 0 Å². The minimum Gasteiger partial charge on any atom is -0.310 e. The van der Waals surface area contributed by atoms with Crippen LogP contribution in [0.4, 0.5) is 17.1 Å². The molecule has 0 aliphatic carbocycles. The fourth-order valence-electron chi connectivity index (χ4n) is 11.9. The monoisotopic (exact) mass is 968 g/mol. The van der Waals surface area contributed by atoms with Crippen LogP contribution in [0.15, 0.2) is 291 Å². The Kier molecular flexibility index (Phi) is 10.2. The van der Waals surface area contributed by atoms with Gasteiger partial charge in [0.15, 0.2) is 0 Å². The zero-order valence-electron chi connectivity index (χ0n) is 41.5. The molecular weight excluding hydrogens is 921 g/mol. The summed E-state index contributed by atoms with van der Waals surface area (Å²) in [6, 6.07) is 106. The second-order valence-electron chi connectivity index (χ2n) is 19.7. The molecule has 0 saturated carbocycles. The molecule has 0 atom stereocenters. The largest absolute Gasteiger partial charge is 0.310 e. The first-order valence-corrected chi connectivity index (χ1v) is 26.1. The number of hydrogen-bond acceptors (Lipinski definition) is 1. The molecule has 4 heteroatoms. The van der Waals surface area contributed by atoms with E-state index in [-0.39, 0.29) is 0 Å². The van der Waals surface area contributed by atoms with Crippen LogP contribution >= 0.6 is 0 Å². The van der Waals surface area contributed by atoms with E-state index in [1.54, 1.807) is 0 Å². The lowest BCUT2D eigenvalue weighted by Crippen LogP contribution is -2.10. The molecule has 0 radical (unpaired) electrons. The SMILES string of the molecule is c1ccc(-c2ccc3c4ccccc4n(-c4ccc(N(c5ccc(-n6c7ccccc7c7ccc(-c8ccccc8)cc76)cc5)c5ccc(-n6c7ccccc7c7ccc(-c8ccccc8)cc76)cc5)cc4)c3c2)cc1. The summed E-state index contributed by atoms with van der Waals surface area (Å²) in [6.45, 7) is 0. The standard InChI is InChI=1S/C72H48N4/c1-4-16-49(17-5-1)52-28-43-64-61-22-10-13-25-67(61)74(70(64)46-52)58-37-31-55(32-38-58)73(56-33-39-59(40-34-56)75-68-26-14-11-23-62(68)65-44-29-53(47-71(65)75)50-18-6-2-7-19-50)57-35-41-60(42-36-57)76-69-27-15-12-24-63(69)66-45-30-54(48-72(66)76)51-20-8-3-9-21-51/h1-48H. The Labute approximate surface area is 440 Å². The molecular formula is C72H48N4. The van der Waals surface area contributed by atoms with E-state index in [1.165, 1.54) is 98.8 Å². The molecule has 0 saturated heterocycles. The van der Waals surface area contributed by atoms with Crippen molar-refractivity contribution in [2.75, 3.05) is 4.90 Å². The summed E-state index contributed by atoms with van der Waals surface area (Å²) in [4.78, 5) is 2.38. The van der Waals surface area contributed by atoms with Gasteiger partial charge >= 0.3 is 0 Å². The van der Waals surface area contributed by atoms with Crippen molar-refractivity contribution in [1.82, 2.24) is 13.7 Å². The van der Waals surface area contributed by atoms with Crippen molar-refractivity contribution in [1.29, 1.82) is 0 Å². The van der Waals surface area contributed by atoms with Crippen molar-refractivity contribution in [3.63, 3.8) is 0 Å². The number of benzene rings is 12. The van der Waals surface area contributed by atoms with Gasteiger partial charge in [0, 0.05) is 66.4 Å². The summed E-state index contributed by atoms with van der Waals surface area (Å²) in [5.41, 5.74) is 20.8. The van der Waals surface area contributed by atoms with E-state index in [0.717, 1.165) is 34.1 Å². The van der Waals surface area contributed by atoms with Gasteiger partial charge in [-0.2, -0.15) is 0 Å².